The van der Waals surface area contributed by atoms with Gasteiger partial charge in [-0.1, -0.05) is 28.9 Å². The molecule has 0 aromatic heterocycles. The third-order valence-corrected chi connectivity index (χ3v) is 5.15. The number of amides is 1. The van der Waals surface area contributed by atoms with Crippen molar-refractivity contribution in [1.29, 1.82) is 0 Å². The molecule has 1 aliphatic heterocycles. The number of rotatable bonds is 1. The van der Waals surface area contributed by atoms with Gasteiger partial charge >= 0.3 is 6.18 Å². The molecule has 0 bridgehead atoms. The van der Waals surface area contributed by atoms with E-state index in [2.05, 4.69) is 21.0 Å². The zero-order chi connectivity index (χ0) is 17.7. The van der Waals surface area contributed by atoms with Crippen molar-refractivity contribution in [3.63, 3.8) is 0 Å². The molecule has 0 saturated heterocycles. The predicted molar refractivity (Wildman–Crippen MR) is 85.3 cm³/mol. The first-order chi connectivity index (χ1) is 11.1. The lowest BCUT2D eigenvalue weighted by molar-refractivity contribution is -0.313. The van der Waals surface area contributed by atoms with Crippen LogP contribution in [-0.4, -0.2) is 33.6 Å². The number of benzene rings is 1. The molecule has 3 rings (SSSR count). The van der Waals surface area contributed by atoms with Crippen LogP contribution < -0.4 is 0 Å². The van der Waals surface area contributed by atoms with Crippen LogP contribution in [0.5, 0.6) is 0 Å². The first-order valence-corrected chi connectivity index (χ1v) is 8.40. The molecule has 1 aliphatic carbocycles. The average Bonchev–Trinajstić information content (AvgIpc) is 2.80. The topological polar surface area (TPSA) is 52.9 Å². The molecule has 1 saturated carbocycles. The van der Waals surface area contributed by atoms with Crippen molar-refractivity contribution in [1.82, 2.24) is 5.01 Å². The minimum atomic E-state index is -5.00. The predicted octanol–water partition coefficient (Wildman–Crippen LogP) is 3.95. The van der Waals surface area contributed by atoms with Crippen molar-refractivity contribution in [3.8, 4) is 0 Å². The Labute approximate surface area is 145 Å². The van der Waals surface area contributed by atoms with Crippen molar-refractivity contribution >= 4 is 27.5 Å². The SMILES string of the molecule is C[C@@H]1CCC2=NN(C(=O)c3cccc(Br)c3)[C@](O)(C(F)(F)F)[C@@H]2C1. The smallest absolute Gasteiger partial charge is 0.362 e. The molecule has 1 fully saturated rings. The number of halogens is 4. The maximum Gasteiger partial charge on any atom is 0.439 e. The second kappa shape index (κ2) is 5.84. The van der Waals surface area contributed by atoms with Crippen LogP contribution in [-0.2, 0) is 0 Å². The summed E-state index contributed by atoms with van der Waals surface area (Å²) in [6.07, 6.45) is -3.80. The Morgan fingerprint density at radius 3 is 2.79 bits per heavy atom. The third kappa shape index (κ3) is 2.65. The second-order valence-electron chi connectivity index (χ2n) is 6.37. The van der Waals surface area contributed by atoms with E-state index in [0.29, 0.717) is 17.3 Å². The van der Waals surface area contributed by atoms with Crippen LogP contribution in [0.25, 0.3) is 0 Å². The van der Waals surface area contributed by atoms with E-state index in [9.17, 15) is 23.1 Å². The summed E-state index contributed by atoms with van der Waals surface area (Å²) in [5.41, 5.74) is -3.02. The van der Waals surface area contributed by atoms with Crippen LogP contribution in [0, 0.1) is 11.8 Å². The van der Waals surface area contributed by atoms with Gasteiger partial charge in [-0.2, -0.15) is 23.3 Å². The van der Waals surface area contributed by atoms with Crippen molar-refractivity contribution in [3.05, 3.63) is 34.3 Å². The molecular weight excluding hydrogens is 389 g/mol. The third-order valence-electron chi connectivity index (χ3n) is 4.65. The molecule has 0 radical (unpaired) electrons. The molecule has 1 aromatic rings. The minimum Gasteiger partial charge on any atom is -0.362 e. The van der Waals surface area contributed by atoms with Gasteiger partial charge in [0, 0.05) is 15.7 Å². The van der Waals surface area contributed by atoms with Crippen LogP contribution >= 0.6 is 15.9 Å². The van der Waals surface area contributed by atoms with E-state index in [-0.39, 0.29) is 28.6 Å². The first kappa shape index (κ1) is 17.4. The van der Waals surface area contributed by atoms with E-state index >= 15 is 0 Å². The van der Waals surface area contributed by atoms with E-state index in [0.717, 1.165) is 0 Å². The molecule has 2 aliphatic rings. The van der Waals surface area contributed by atoms with Gasteiger partial charge < -0.3 is 5.11 Å². The number of hydrogen-bond acceptors (Lipinski definition) is 3. The summed E-state index contributed by atoms with van der Waals surface area (Å²) >= 11 is 3.18. The Morgan fingerprint density at radius 2 is 2.17 bits per heavy atom. The Kier molecular flexibility index (Phi) is 4.24. The van der Waals surface area contributed by atoms with E-state index < -0.39 is 23.7 Å². The quantitative estimate of drug-likeness (QED) is 0.770. The fraction of sp³-hybridized carbons (Fsp3) is 0.500. The monoisotopic (exact) mass is 404 g/mol. The highest BCUT2D eigenvalue weighted by Gasteiger charge is 2.68. The Hall–Kier alpha value is -1.41. The maximum atomic E-state index is 13.7. The number of carbonyl (C=O) groups excluding carboxylic acids is 1. The van der Waals surface area contributed by atoms with E-state index in [1.807, 2.05) is 6.92 Å². The molecular formula is C16H16BrF3N2O2. The van der Waals surface area contributed by atoms with Crippen molar-refractivity contribution in [2.45, 2.75) is 38.1 Å². The number of nitrogens with zero attached hydrogens (tertiary/aromatic N) is 2. The van der Waals surface area contributed by atoms with E-state index in [1.165, 1.54) is 12.1 Å². The van der Waals surface area contributed by atoms with Gasteiger partial charge in [0.05, 0.1) is 5.92 Å². The highest BCUT2D eigenvalue weighted by Crippen LogP contribution is 2.49. The summed E-state index contributed by atoms with van der Waals surface area (Å²) in [5, 5.41) is 14.7. The van der Waals surface area contributed by atoms with Crippen LogP contribution in [0.15, 0.2) is 33.8 Å². The van der Waals surface area contributed by atoms with Gasteiger partial charge in [-0.15, -0.1) is 0 Å². The largest absolute Gasteiger partial charge is 0.439 e. The maximum absolute atomic E-state index is 13.7. The number of aliphatic hydroxyl groups is 1. The number of alkyl halides is 3. The lowest BCUT2D eigenvalue weighted by atomic mass is 9.76. The number of hydrogen-bond donors (Lipinski definition) is 1. The van der Waals surface area contributed by atoms with Crippen molar-refractivity contribution in [2.75, 3.05) is 0 Å². The molecule has 130 valence electrons. The molecule has 4 nitrogen and oxygen atoms in total. The minimum absolute atomic E-state index is 0.0306. The van der Waals surface area contributed by atoms with Crippen LogP contribution in [0.4, 0.5) is 13.2 Å². The van der Waals surface area contributed by atoms with Crippen molar-refractivity contribution < 1.29 is 23.1 Å². The molecule has 1 amide bonds. The van der Waals surface area contributed by atoms with E-state index in [4.69, 9.17) is 0 Å². The van der Waals surface area contributed by atoms with Gasteiger partial charge in [-0.05, 0) is 43.4 Å². The fourth-order valence-electron chi connectivity index (χ4n) is 3.36. The Bertz CT molecular complexity index is 707. The van der Waals surface area contributed by atoms with E-state index in [1.54, 1.807) is 12.1 Å². The van der Waals surface area contributed by atoms with Gasteiger partial charge in [0.2, 0.25) is 0 Å². The number of carbonyl (C=O) groups is 1. The summed E-state index contributed by atoms with van der Waals surface area (Å²) in [6.45, 7) is 1.84. The van der Waals surface area contributed by atoms with Crippen LogP contribution in [0.2, 0.25) is 0 Å². The summed E-state index contributed by atoms with van der Waals surface area (Å²) in [4.78, 5) is 12.6. The first-order valence-electron chi connectivity index (χ1n) is 7.61. The van der Waals surface area contributed by atoms with Crippen LogP contribution in [0.3, 0.4) is 0 Å². The highest BCUT2D eigenvalue weighted by molar-refractivity contribution is 9.10. The fourth-order valence-corrected chi connectivity index (χ4v) is 3.75. The lowest BCUT2D eigenvalue weighted by Crippen LogP contribution is -2.61. The summed E-state index contributed by atoms with van der Waals surface area (Å²) in [5.74, 6) is -2.15. The molecule has 24 heavy (non-hydrogen) atoms. The highest BCUT2D eigenvalue weighted by atomic mass is 79.9. The summed E-state index contributed by atoms with van der Waals surface area (Å²) in [6, 6.07) is 6.00. The van der Waals surface area contributed by atoms with Gasteiger partial charge in [-0.3, -0.25) is 4.79 Å². The van der Waals surface area contributed by atoms with Gasteiger partial charge in [0.15, 0.2) is 0 Å². The Morgan fingerprint density at radius 1 is 1.46 bits per heavy atom. The van der Waals surface area contributed by atoms with Gasteiger partial charge in [-0.25, -0.2) is 0 Å². The zero-order valence-corrected chi connectivity index (χ0v) is 14.4. The second-order valence-corrected chi connectivity index (χ2v) is 7.29. The molecule has 3 atom stereocenters. The summed E-state index contributed by atoms with van der Waals surface area (Å²) in [7, 11) is 0. The normalized spacial score (nSPS) is 30.1. The number of hydrazone groups is 1. The van der Waals surface area contributed by atoms with Gasteiger partial charge in [0.25, 0.3) is 11.6 Å². The molecule has 0 unspecified atom stereocenters. The van der Waals surface area contributed by atoms with Gasteiger partial charge in [0.1, 0.15) is 0 Å². The standard InChI is InChI=1S/C16H16BrF3N2O2/c1-9-5-6-13-12(7-9)15(24,16(18,19)20)22(21-13)14(23)10-3-2-4-11(17)8-10/h2-4,8-9,12,24H,5-7H2,1H3/t9-,12-,15-/m1/s1. The van der Waals surface area contributed by atoms with Crippen molar-refractivity contribution in [2.24, 2.45) is 16.9 Å². The summed E-state index contributed by atoms with van der Waals surface area (Å²) < 4.78 is 41.7. The average molecular weight is 405 g/mol. The molecule has 1 aromatic carbocycles. The van der Waals surface area contributed by atoms with Crippen LogP contribution in [0.1, 0.15) is 36.5 Å². The number of fused-ring (bicyclic) bond motifs is 1. The molecule has 0 spiro atoms. The molecule has 1 N–H and O–H groups in total. The molecule has 1 heterocycles. The molecule has 8 heteroatoms. The zero-order valence-electron chi connectivity index (χ0n) is 12.8. The Balaban J connectivity index is 2.05. The lowest BCUT2D eigenvalue weighted by Gasteiger charge is -2.39.